The molecule has 5 nitrogen and oxygen atoms in total. The number of carboxylic acids is 1. The maximum atomic E-state index is 12.4. The van der Waals surface area contributed by atoms with E-state index in [1.807, 2.05) is 6.07 Å². The minimum atomic E-state index is -0.881. The van der Waals surface area contributed by atoms with Crippen LogP contribution in [0.1, 0.15) is 37.2 Å². The number of nitrogens with zero attached hydrogens (tertiary/aromatic N) is 1. The summed E-state index contributed by atoms with van der Waals surface area (Å²) >= 11 is 0. The van der Waals surface area contributed by atoms with Crippen molar-refractivity contribution in [2.45, 2.75) is 37.7 Å². The minimum absolute atomic E-state index is 0.0384. The van der Waals surface area contributed by atoms with Gasteiger partial charge in [0.15, 0.2) is 0 Å². The predicted octanol–water partition coefficient (Wildman–Crippen LogP) is 2.27. The fourth-order valence-electron chi connectivity index (χ4n) is 3.54. The number of rotatable bonds is 5. The molecule has 5 heteroatoms. The highest BCUT2D eigenvalue weighted by Crippen LogP contribution is 2.43. The van der Waals surface area contributed by atoms with E-state index in [0.29, 0.717) is 38.0 Å². The highest BCUT2D eigenvalue weighted by atomic mass is 16.5. The second kappa shape index (κ2) is 7.13. The van der Waals surface area contributed by atoms with Crippen molar-refractivity contribution in [3.63, 3.8) is 0 Å². The molecule has 1 aromatic carbocycles. The van der Waals surface area contributed by atoms with E-state index in [4.69, 9.17) is 9.84 Å². The van der Waals surface area contributed by atoms with Gasteiger partial charge < -0.3 is 14.7 Å². The smallest absolute Gasteiger partial charge is 0.306 e. The van der Waals surface area contributed by atoms with Gasteiger partial charge in [-0.25, -0.2) is 0 Å². The normalized spacial score (nSPS) is 27.3. The van der Waals surface area contributed by atoms with Crippen LogP contribution in [0.4, 0.5) is 0 Å². The van der Waals surface area contributed by atoms with Gasteiger partial charge in [0.05, 0.1) is 19.1 Å². The number of hydrogen-bond acceptors (Lipinski definition) is 3. The molecule has 124 valence electrons. The first-order valence-corrected chi connectivity index (χ1v) is 8.28. The van der Waals surface area contributed by atoms with E-state index in [1.54, 1.807) is 4.90 Å². The van der Waals surface area contributed by atoms with Crippen LogP contribution in [0, 0.1) is 5.92 Å². The van der Waals surface area contributed by atoms with Crippen molar-refractivity contribution in [1.82, 2.24) is 4.90 Å². The highest BCUT2D eigenvalue weighted by Gasteiger charge is 2.34. The van der Waals surface area contributed by atoms with Crippen LogP contribution in [-0.2, 0) is 14.3 Å². The summed E-state index contributed by atoms with van der Waals surface area (Å²) in [7, 11) is 0. The maximum absolute atomic E-state index is 12.4. The Labute approximate surface area is 136 Å². The summed E-state index contributed by atoms with van der Waals surface area (Å²) in [4.78, 5) is 24.9. The summed E-state index contributed by atoms with van der Waals surface area (Å²) in [6, 6.07) is 10.5. The molecular weight excluding hydrogens is 294 g/mol. The first kappa shape index (κ1) is 16.0. The van der Waals surface area contributed by atoms with E-state index >= 15 is 0 Å². The molecule has 1 unspecified atom stereocenters. The number of hydrogen-bond donors (Lipinski definition) is 1. The molecule has 1 aliphatic carbocycles. The van der Waals surface area contributed by atoms with Gasteiger partial charge in [-0.05, 0) is 30.2 Å². The van der Waals surface area contributed by atoms with Crippen molar-refractivity contribution >= 4 is 11.9 Å². The van der Waals surface area contributed by atoms with Crippen molar-refractivity contribution in [3.05, 3.63) is 35.9 Å². The van der Waals surface area contributed by atoms with Crippen LogP contribution in [0.25, 0.3) is 0 Å². The van der Waals surface area contributed by atoms with Crippen molar-refractivity contribution in [2.75, 3.05) is 19.7 Å². The molecule has 0 aromatic heterocycles. The molecule has 3 rings (SSSR count). The average molecular weight is 317 g/mol. The lowest BCUT2D eigenvalue weighted by molar-refractivity contribution is -0.148. The molecule has 1 amide bonds. The zero-order chi connectivity index (χ0) is 16.2. The molecule has 1 saturated heterocycles. The van der Waals surface area contributed by atoms with Crippen LogP contribution in [0.2, 0.25) is 0 Å². The van der Waals surface area contributed by atoms with Gasteiger partial charge in [0.2, 0.25) is 5.91 Å². The number of carbonyl (C=O) groups is 2. The van der Waals surface area contributed by atoms with Gasteiger partial charge in [0, 0.05) is 19.5 Å². The van der Waals surface area contributed by atoms with Crippen molar-refractivity contribution < 1.29 is 19.4 Å². The van der Waals surface area contributed by atoms with E-state index in [0.717, 1.165) is 12.8 Å². The Morgan fingerprint density at radius 3 is 2.61 bits per heavy atom. The summed E-state index contributed by atoms with van der Waals surface area (Å²) in [6.45, 7) is 1.41. The second-order valence-electron chi connectivity index (χ2n) is 6.58. The van der Waals surface area contributed by atoms with Crippen LogP contribution in [0.5, 0.6) is 0 Å². The van der Waals surface area contributed by atoms with Gasteiger partial charge >= 0.3 is 5.97 Å². The maximum Gasteiger partial charge on any atom is 0.306 e. The molecule has 2 aliphatic rings. The number of carbonyl (C=O) groups excluding carboxylic acids is 1. The Morgan fingerprint density at radius 2 is 1.91 bits per heavy atom. The van der Waals surface area contributed by atoms with Gasteiger partial charge in [-0.15, -0.1) is 0 Å². The monoisotopic (exact) mass is 317 g/mol. The van der Waals surface area contributed by atoms with Crippen LogP contribution in [-0.4, -0.2) is 47.7 Å². The number of morpholine rings is 1. The molecule has 0 bridgehead atoms. The van der Waals surface area contributed by atoms with Gasteiger partial charge in [-0.2, -0.15) is 0 Å². The van der Waals surface area contributed by atoms with Crippen molar-refractivity contribution in [2.24, 2.45) is 5.92 Å². The molecule has 1 saturated carbocycles. The van der Waals surface area contributed by atoms with Gasteiger partial charge in [0.25, 0.3) is 0 Å². The summed E-state index contributed by atoms with van der Waals surface area (Å²) in [5, 5.41) is 8.84. The average Bonchev–Trinajstić information content (AvgIpc) is 2.50. The SMILES string of the molecule is O=C(O)CC1CN(C(=O)CC2CC(c3ccccc3)C2)CCO1. The Balaban J connectivity index is 1.44. The van der Waals surface area contributed by atoms with Crippen molar-refractivity contribution in [3.8, 4) is 0 Å². The van der Waals surface area contributed by atoms with E-state index < -0.39 is 5.97 Å². The second-order valence-corrected chi connectivity index (χ2v) is 6.58. The summed E-state index contributed by atoms with van der Waals surface area (Å²) in [5.41, 5.74) is 1.36. The van der Waals surface area contributed by atoms with Crippen LogP contribution in [0.3, 0.4) is 0 Å². The van der Waals surface area contributed by atoms with Gasteiger partial charge in [0.1, 0.15) is 0 Å². The number of benzene rings is 1. The van der Waals surface area contributed by atoms with Crippen LogP contribution >= 0.6 is 0 Å². The van der Waals surface area contributed by atoms with Gasteiger partial charge in [-0.1, -0.05) is 30.3 Å². The quantitative estimate of drug-likeness (QED) is 0.904. The Hall–Kier alpha value is -1.88. The minimum Gasteiger partial charge on any atom is -0.481 e. The zero-order valence-electron chi connectivity index (χ0n) is 13.2. The highest BCUT2D eigenvalue weighted by molar-refractivity contribution is 5.77. The molecule has 0 spiro atoms. The lowest BCUT2D eigenvalue weighted by atomic mass is 9.70. The molecule has 1 aliphatic heterocycles. The van der Waals surface area contributed by atoms with E-state index in [-0.39, 0.29) is 18.4 Å². The van der Waals surface area contributed by atoms with Gasteiger partial charge in [-0.3, -0.25) is 9.59 Å². The number of ether oxygens (including phenoxy) is 1. The Kier molecular flexibility index (Phi) is 4.96. The molecule has 1 N–H and O–H groups in total. The third-order valence-electron chi connectivity index (χ3n) is 4.86. The molecule has 1 atom stereocenters. The number of amides is 1. The molecular formula is C18H23NO4. The Bertz CT molecular complexity index is 553. The summed E-state index contributed by atoms with van der Waals surface area (Å²) in [6.07, 6.45) is 2.30. The standard InChI is InChI=1S/C18H23NO4/c20-17(19-6-7-23-16(12-19)11-18(21)22)10-13-8-15(9-13)14-4-2-1-3-5-14/h1-5,13,15-16H,6-12H2,(H,21,22). The first-order valence-electron chi connectivity index (χ1n) is 8.28. The fraction of sp³-hybridized carbons (Fsp3) is 0.556. The lowest BCUT2D eigenvalue weighted by Crippen LogP contribution is -2.47. The largest absolute Gasteiger partial charge is 0.481 e. The third kappa shape index (κ3) is 4.10. The summed E-state index contributed by atoms with van der Waals surface area (Å²) in [5.74, 6) is 0.293. The molecule has 1 aromatic rings. The topological polar surface area (TPSA) is 66.8 Å². The molecule has 23 heavy (non-hydrogen) atoms. The number of carboxylic acid groups (broad SMARTS) is 1. The fourth-order valence-corrected chi connectivity index (χ4v) is 3.54. The predicted molar refractivity (Wildman–Crippen MR) is 85.1 cm³/mol. The van der Waals surface area contributed by atoms with E-state index in [9.17, 15) is 9.59 Å². The van der Waals surface area contributed by atoms with E-state index in [1.165, 1.54) is 5.56 Å². The lowest BCUT2D eigenvalue weighted by Gasteiger charge is -2.38. The zero-order valence-corrected chi connectivity index (χ0v) is 13.2. The summed E-state index contributed by atoms with van der Waals surface area (Å²) < 4.78 is 5.41. The molecule has 2 fully saturated rings. The molecule has 1 heterocycles. The van der Waals surface area contributed by atoms with Crippen LogP contribution < -0.4 is 0 Å². The Morgan fingerprint density at radius 1 is 1.17 bits per heavy atom. The third-order valence-corrected chi connectivity index (χ3v) is 4.86. The number of aliphatic carboxylic acids is 1. The van der Waals surface area contributed by atoms with Crippen molar-refractivity contribution in [1.29, 1.82) is 0 Å². The van der Waals surface area contributed by atoms with Crippen LogP contribution in [0.15, 0.2) is 30.3 Å². The van der Waals surface area contributed by atoms with E-state index in [2.05, 4.69) is 24.3 Å². The first-order chi connectivity index (χ1) is 11.1. The molecule has 0 radical (unpaired) electrons.